The van der Waals surface area contributed by atoms with E-state index in [4.69, 9.17) is 0 Å². The Hall–Kier alpha value is -1.88. The van der Waals surface area contributed by atoms with Crippen LogP contribution in [-0.4, -0.2) is 35.9 Å². The highest BCUT2D eigenvalue weighted by Crippen LogP contribution is 2.30. The van der Waals surface area contributed by atoms with Gasteiger partial charge < -0.3 is 9.80 Å². The van der Waals surface area contributed by atoms with Gasteiger partial charge in [0.05, 0.1) is 16.7 Å². The van der Waals surface area contributed by atoms with Crippen LogP contribution < -0.4 is 4.90 Å². The van der Waals surface area contributed by atoms with E-state index in [1.165, 1.54) is 4.88 Å². The summed E-state index contributed by atoms with van der Waals surface area (Å²) in [6, 6.07) is 7.94. The molecule has 2 rings (SSSR count). The first-order valence-electron chi connectivity index (χ1n) is 9.01. The highest BCUT2D eigenvalue weighted by atomic mass is 32.1. The smallest absolute Gasteiger partial charge is 0.254 e. The van der Waals surface area contributed by atoms with Gasteiger partial charge in [-0.2, -0.15) is 0 Å². The van der Waals surface area contributed by atoms with Crippen molar-refractivity contribution in [1.82, 2.24) is 9.88 Å². The van der Waals surface area contributed by atoms with E-state index >= 15 is 0 Å². The predicted molar refractivity (Wildman–Crippen MR) is 107 cm³/mol. The van der Waals surface area contributed by atoms with E-state index in [0.29, 0.717) is 0 Å². The second-order valence-electron chi connectivity index (χ2n) is 6.22. The Kier molecular flexibility index (Phi) is 6.59. The summed E-state index contributed by atoms with van der Waals surface area (Å²) in [5.41, 5.74) is 2.91. The van der Waals surface area contributed by atoms with E-state index in [-0.39, 0.29) is 11.9 Å². The van der Waals surface area contributed by atoms with Gasteiger partial charge in [-0.05, 0) is 58.4 Å². The first-order valence-corrected chi connectivity index (χ1v) is 9.82. The van der Waals surface area contributed by atoms with Crippen LogP contribution >= 0.6 is 11.3 Å². The zero-order chi connectivity index (χ0) is 18.6. The second-order valence-corrected chi connectivity index (χ2v) is 7.34. The van der Waals surface area contributed by atoms with Crippen LogP contribution in [0.4, 0.5) is 5.69 Å². The molecule has 5 heteroatoms. The number of rotatable bonds is 7. The second kappa shape index (κ2) is 8.48. The van der Waals surface area contributed by atoms with Crippen LogP contribution in [0.15, 0.2) is 24.3 Å². The number of benzene rings is 1. The van der Waals surface area contributed by atoms with Crippen LogP contribution in [0.3, 0.4) is 0 Å². The fraction of sp³-hybridized carbons (Fsp3) is 0.500. The van der Waals surface area contributed by atoms with Gasteiger partial charge in [-0.25, -0.2) is 4.98 Å². The Labute approximate surface area is 155 Å². The standard InChI is InChI=1S/C20H29N3OS/c1-7-18-21-14(4)19(25-18)15(5)22(6)20(24)16-10-12-17(13-11-16)23(8-2)9-3/h10-13,15H,7-9H2,1-6H3/t15-/m1/s1. The van der Waals surface area contributed by atoms with Gasteiger partial charge in [0.2, 0.25) is 0 Å². The Bertz CT molecular complexity index is 704. The van der Waals surface area contributed by atoms with E-state index in [9.17, 15) is 4.79 Å². The summed E-state index contributed by atoms with van der Waals surface area (Å²) in [5, 5.41) is 1.13. The molecule has 0 unspecified atom stereocenters. The van der Waals surface area contributed by atoms with Crippen molar-refractivity contribution in [1.29, 1.82) is 0 Å². The number of amides is 1. The largest absolute Gasteiger partial charge is 0.372 e. The van der Waals surface area contributed by atoms with E-state index in [1.54, 1.807) is 11.3 Å². The monoisotopic (exact) mass is 359 g/mol. The highest BCUT2D eigenvalue weighted by molar-refractivity contribution is 7.11. The summed E-state index contributed by atoms with van der Waals surface area (Å²) < 4.78 is 0. The summed E-state index contributed by atoms with van der Waals surface area (Å²) in [7, 11) is 1.87. The molecule has 1 aromatic carbocycles. The lowest BCUT2D eigenvalue weighted by molar-refractivity contribution is 0.0744. The summed E-state index contributed by atoms with van der Waals surface area (Å²) in [5.74, 6) is 0.0458. The molecule has 136 valence electrons. The van der Waals surface area contributed by atoms with Gasteiger partial charge in [0, 0.05) is 36.3 Å². The first-order chi connectivity index (χ1) is 11.9. The zero-order valence-corrected chi connectivity index (χ0v) is 17.0. The lowest BCUT2D eigenvalue weighted by Gasteiger charge is -2.25. The van der Waals surface area contributed by atoms with Crippen LogP contribution in [-0.2, 0) is 6.42 Å². The number of thiazole rings is 1. The number of nitrogens with zero attached hydrogens (tertiary/aromatic N) is 3. The van der Waals surface area contributed by atoms with Gasteiger partial charge in [-0.1, -0.05) is 6.92 Å². The minimum absolute atomic E-state index is 0.0211. The van der Waals surface area contributed by atoms with Gasteiger partial charge in [0.1, 0.15) is 0 Å². The molecule has 25 heavy (non-hydrogen) atoms. The molecule has 0 aliphatic heterocycles. The molecule has 1 aromatic heterocycles. The molecule has 0 aliphatic rings. The number of hydrogen-bond donors (Lipinski definition) is 0. The normalized spacial score (nSPS) is 12.1. The molecule has 0 spiro atoms. The Morgan fingerprint density at radius 3 is 2.24 bits per heavy atom. The number of hydrogen-bond acceptors (Lipinski definition) is 4. The molecule has 0 saturated carbocycles. The molecule has 0 fully saturated rings. The van der Waals surface area contributed by atoms with E-state index in [2.05, 4.69) is 37.6 Å². The number of anilines is 1. The molecular weight excluding hydrogens is 330 g/mol. The molecule has 0 radical (unpaired) electrons. The molecule has 0 bridgehead atoms. The Balaban J connectivity index is 2.17. The summed E-state index contributed by atoms with van der Waals surface area (Å²) >= 11 is 1.71. The van der Waals surface area contributed by atoms with Crippen molar-refractivity contribution in [2.24, 2.45) is 0 Å². The van der Waals surface area contributed by atoms with Gasteiger partial charge in [-0.15, -0.1) is 11.3 Å². The van der Waals surface area contributed by atoms with Crippen molar-refractivity contribution < 1.29 is 4.79 Å². The van der Waals surface area contributed by atoms with Gasteiger partial charge in [0.25, 0.3) is 5.91 Å². The minimum Gasteiger partial charge on any atom is -0.372 e. The summed E-state index contributed by atoms with van der Waals surface area (Å²) in [6.07, 6.45) is 0.933. The average molecular weight is 360 g/mol. The number of aryl methyl sites for hydroxylation is 2. The fourth-order valence-electron chi connectivity index (χ4n) is 2.96. The van der Waals surface area contributed by atoms with Crippen LogP contribution in [0.1, 0.15) is 59.7 Å². The maximum atomic E-state index is 12.9. The molecule has 0 aliphatic carbocycles. The van der Waals surface area contributed by atoms with Crippen molar-refractivity contribution >= 4 is 22.9 Å². The van der Waals surface area contributed by atoms with Gasteiger partial charge in [0.15, 0.2) is 0 Å². The maximum Gasteiger partial charge on any atom is 0.254 e. The molecule has 1 heterocycles. The number of carbonyl (C=O) groups excluding carboxylic acids is 1. The molecule has 1 amide bonds. The van der Waals surface area contributed by atoms with Crippen molar-refractivity contribution in [3.63, 3.8) is 0 Å². The van der Waals surface area contributed by atoms with Crippen molar-refractivity contribution in [2.45, 2.75) is 47.1 Å². The molecule has 0 N–H and O–H groups in total. The molecule has 2 aromatic rings. The fourth-order valence-corrected chi connectivity index (χ4v) is 4.07. The quantitative estimate of drug-likeness (QED) is 0.719. The molecule has 0 saturated heterocycles. The van der Waals surface area contributed by atoms with E-state index in [1.807, 2.05) is 43.1 Å². The van der Waals surface area contributed by atoms with Gasteiger partial charge in [-0.3, -0.25) is 4.79 Å². The van der Waals surface area contributed by atoms with Crippen LogP contribution in [0.5, 0.6) is 0 Å². The first kappa shape index (κ1) is 19.4. The third-order valence-corrected chi connectivity index (χ3v) is 6.17. The third kappa shape index (κ3) is 4.21. The van der Waals surface area contributed by atoms with Crippen LogP contribution in [0.25, 0.3) is 0 Å². The molecule has 4 nitrogen and oxygen atoms in total. The maximum absolute atomic E-state index is 12.9. The van der Waals surface area contributed by atoms with Crippen molar-refractivity contribution in [2.75, 3.05) is 25.0 Å². The number of aromatic nitrogens is 1. The van der Waals surface area contributed by atoms with Crippen molar-refractivity contribution in [3.8, 4) is 0 Å². The van der Waals surface area contributed by atoms with Crippen molar-refractivity contribution in [3.05, 3.63) is 45.4 Å². The van der Waals surface area contributed by atoms with Crippen LogP contribution in [0, 0.1) is 6.92 Å². The third-order valence-electron chi connectivity index (χ3n) is 4.70. The highest BCUT2D eigenvalue weighted by Gasteiger charge is 2.22. The topological polar surface area (TPSA) is 36.4 Å². The summed E-state index contributed by atoms with van der Waals surface area (Å²) in [4.78, 5) is 22.7. The average Bonchev–Trinajstić information content (AvgIpc) is 3.02. The molecular formula is C20H29N3OS. The van der Waals surface area contributed by atoms with Crippen LogP contribution in [0.2, 0.25) is 0 Å². The van der Waals surface area contributed by atoms with E-state index < -0.39 is 0 Å². The lowest BCUT2D eigenvalue weighted by Crippen LogP contribution is -2.29. The Morgan fingerprint density at radius 2 is 1.76 bits per heavy atom. The SMILES string of the molecule is CCc1nc(C)c([C@@H](C)N(C)C(=O)c2ccc(N(CC)CC)cc2)s1. The zero-order valence-electron chi connectivity index (χ0n) is 16.2. The predicted octanol–water partition coefficient (Wildman–Crippen LogP) is 4.69. The minimum atomic E-state index is 0.0211. The number of carbonyl (C=O) groups is 1. The lowest BCUT2D eigenvalue weighted by atomic mass is 10.1. The summed E-state index contributed by atoms with van der Waals surface area (Å²) in [6.45, 7) is 12.4. The molecule has 1 atom stereocenters. The van der Waals surface area contributed by atoms with Gasteiger partial charge >= 0.3 is 0 Å². The van der Waals surface area contributed by atoms with E-state index in [0.717, 1.165) is 41.5 Å². The Morgan fingerprint density at radius 1 is 1.16 bits per heavy atom.